The minimum absolute atomic E-state index is 0.0339. The van der Waals surface area contributed by atoms with E-state index in [2.05, 4.69) is 26.3 Å². The summed E-state index contributed by atoms with van der Waals surface area (Å²) in [5.74, 6) is 0.552. The maximum atomic E-state index is 12.9. The second kappa shape index (κ2) is 11.1. The molecule has 184 valence electrons. The number of nitrogens with zero attached hydrogens (tertiary/aromatic N) is 3. The number of halogens is 3. The Kier molecular flexibility index (Phi) is 7.93. The number of aromatic nitrogens is 2. The second-order valence-corrected chi connectivity index (χ2v) is 9.59. The molecule has 4 rings (SSSR count). The van der Waals surface area contributed by atoms with Crippen molar-refractivity contribution in [2.45, 2.75) is 20.1 Å². The van der Waals surface area contributed by atoms with Gasteiger partial charge in [0.05, 0.1) is 26.0 Å². The van der Waals surface area contributed by atoms with Gasteiger partial charge in [0.25, 0.3) is 11.6 Å². The zero-order chi connectivity index (χ0) is 25.8. The lowest BCUT2D eigenvalue weighted by molar-refractivity contribution is -0.385. The van der Waals surface area contributed by atoms with E-state index in [1.807, 2.05) is 12.1 Å². The third-order valence-electron chi connectivity index (χ3n) is 5.24. The molecule has 11 heteroatoms. The van der Waals surface area contributed by atoms with E-state index >= 15 is 0 Å². The predicted octanol–water partition coefficient (Wildman–Crippen LogP) is 7.05. The molecular weight excluding hydrogens is 571 g/mol. The average Bonchev–Trinajstić information content (AvgIpc) is 3.18. The van der Waals surface area contributed by atoms with Crippen molar-refractivity contribution in [2.75, 3.05) is 5.32 Å². The molecular formula is C25H19BrCl2N4O4. The quantitative estimate of drug-likeness (QED) is 0.175. The Morgan fingerprint density at radius 2 is 1.92 bits per heavy atom. The van der Waals surface area contributed by atoms with Gasteiger partial charge in [-0.1, -0.05) is 41.4 Å². The lowest BCUT2D eigenvalue weighted by atomic mass is 10.1. The highest BCUT2D eigenvalue weighted by molar-refractivity contribution is 9.10. The van der Waals surface area contributed by atoms with E-state index in [1.54, 1.807) is 60.3 Å². The van der Waals surface area contributed by atoms with E-state index in [1.165, 1.54) is 6.07 Å². The third-order valence-corrected chi connectivity index (χ3v) is 6.56. The summed E-state index contributed by atoms with van der Waals surface area (Å²) < 4.78 is 8.07. The number of nitrogens with one attached hydrogen (secondary N) is 1. The van der Waals surface area contributed by atoms with Gasteiger partial charge in [-0.3, -0.25) is 19.6 Å². The summed E-state index contributed by atoms with van der Waals surface area (Å²) >= 11 is 15.5. The van der Waals surface area contributed by atoms with Crippen molar-refractivity contribution >= 4 is 56.5 Å². The predicted molar refractivity (Wildman–Crippen MR) is 142 cm³/mol. The molecule has 1 amide bonds. The minimum Gasteiger partial charge on any atom is -0.489 e. The number of benzene rings is 3. The molecule has 0 aliphatic heterocycles. The van der Waals surface area contributed by atoms with Gasteiger partial charge in [-0.25, -0.2) is 0 Å². The summed E-state index contributed by atoms with van der Waals surface area (Å²) in [5.41, 5.74) is 2.65. The third kappa shape index (κ3) is 6.23. The van der Waals surface area contributed by atoms with Crippen molar-refractivity contribution in [2.24, 2.45) is 0 Å². The van der Waals surface area contributed by atoms with E-state index < -0.39 is 4.92 Å². The molecule has 0 radical (unpaired) electrons. The van der Waals surface area contributed by atoms with Gasteiger partial charge in [0.1, 0.15) is 12.4 Å². The molecule has 0 bridgehead atoms. The Balaban J connectivity index is 1.40. The van der Waals surface area contributed by atoms with Crippen molar-refractivity contribution in [3.05, 3.63) is 114 Å². The van der Waals surface area contributed by atoms with Crippen molar-refractivity contribution < 1.29 is 14.5 Å². The molecule has 1 heterocycles. The number of rotatable bonds is 8. The summed E-state index contributed by atoms with van der Waals surface area (Å²) in [6, 6.07) is 16.9. The number of hydrogen-bond acceptors (Lipinski definition) is 5. The number of ether oxygens (including phenoxy) is 1. The first-order valence-electron chi connectivity index (χ1n) is 10.6. The number of aryl methyl sites for hydroxylation is 1. The zero-order valence-corrected chi connectivity index (χ0v) is 22.0. The van der Waals surface area contributed by atoms with Crippen LogP contribution in [0.1, 0.15) is 27.0 Å². The number of nitro groups is 1. The maximum absolute atomic E-state index is 12.9. The van der Waals surface area contributed by atoms with Crippen molar-refractivity contribution in [1.82, 2.24) is 9.78 Å². The Morgan fingerprint density at radius 3 is 2.64 bits per heavy atom. The highest BCUT2D eigenvalue weighted by Crippen LogP contribution is 2.26. The number of hydrogen-bond donors (Lipinski definition) is 1. The monoisotopic (exact) mass is 588 g/mol. The van der Waals surface area contributed by atoms with Gasteiger partial charge in [-0.2, -0.15) is 5.10 Å². The molecule has 1 N–H and O–H groups in total. The molecule has 0 unspecified atom stereocenters. The largest absolute Gasteiger partial charge is 0.489 e. The van der Waals surface area contributed by atoms with Crippen LogP contribution in [0.5, 0.6) is 5.75 Å². The fourth-order valence-electron chi connectivity index (χ4n) is 3.46. The van der Waals surface area contributed by atoms with Crippen LogP contribution in [0.3, 0.4) is 0 Å². The van der Waals surface area contributed by atoms with E-state index in [9.17, 15) is 14.9 Å². The van der Waals surface area contributed by atoms with Gasteiger partial charge < -0.3 is 10.1 Å². The number of carbonyl (C=O) groups is 1. The Morgan fingerprint density at radius 1 is 1.11 bits per heavy atom. The van der Waals surface area contributed by atoms with E-state index in [-0.39, 0.29) is 18.2 Å². The van der Waals surface area contributed by atoms with Crippen LogP contribution in [0.25, 0.3) is 0 Å². The molecule has 0 aliphatic rings. The summed E-state index contributed by atoms with van der Waals surface area (Å²) in [6.45, 7) is 2.29. The number of anilines is 1. The van der Waals surface area contributed by atoms with Crippen LogP contribution in [0.15, 0.2) is 71.3 Å². The van der Waals surface area contributed by atoms with Crippen LogP contribution in [0.4, 0.5) is 11.5 Å². The zero-order valence-electron chi connectivity index (χ0n) is 18.9. The Hall–Kier alpha value is -3.40. The molecule has 36 heavy (non-hydrogen) atoms. The standard InChI is InChI=1S/C25H19BrCl2N4O4/c1-15-9-19(6-8-23(15)32(34)35)36-14-17-3-2-4-18(10-17)25(33)29-24-20(26)13-31(30-24)12-16-5-7-21(27)22(28)11-16/h2-11,13H,12,14H2,1H3,(H,29,30,33). The molecule has 4 aromatic rings. The van der Waals surface area contributed by atoms with Crippen molar-refractivity contribution in [3.8, 4) is 5.75 Å². The number of nitro benzene ring substituents is 1. The Bertz CT molecular complexity index is 1460. The highest BCUT2D eigenvalue weighted by Gasteiger charge is 2.14. The number of carbonyl (C=O) groups excluding carboxylic acids is 1. The first kappa shape index (κ1) is 25.7. The van der Waals surface area contributed by atoms with Gasteiger partial charge in [-0.15, -0.1) is 0 Å². The molecule has 0 aliphatic carbocycles. The average molecular weight is 590 g/mol. The molecule has 8 nitrogen and oxygen atoms in total. The summed E-state index contributed by atoms with van der Waals surface area (Å²) in [6.07, 6.45) is 1.76. The maximum Gasteiger partial charge on any atom is 0.272 e. The van der Waals surface area contributed by atoms with Gasteiger partial charge >= 0.3 is 0 Å². The highest BCUT2D eigenvalue weighted by atomic mass is 79.9. The van der Waals surface area contributed by atoms with Crippen molar-refractivity contribution in [1.29, 1.82) is 0 Å². The van der Waals surface area contributed by atoms with E-state index in [4.69, 9.17) is 27.9 Å². The van der Waals surface area contributed by atoms with Gasteiger partial charge in [-0.05, 0) is 70.4 Å². The van der Waals surface area contributed by atoms with Crippen LogP contribution in [-0.2, 0) is 13.2 Å². The van der Waals surface area contributed by atoms with Crippen LogP contribution in [0.2, 0.25) is 10.0 Å². The van der Waals surface area contributed by atoms with Gasteiger partial charge in [0, 0.05) is 23.4 Å². The molecule has 0 atom stereocenters. The van der Waals surface area contributed by atoms with E-state index in [0.29, 0.717) is 43.8 Å². The minimum atomic E-state index is -0.435. The molecule has 0 spiro atoms. The lowest BCUT2D eigenvalue weighted by Crippen LogP contribution is -2.13. The first-order valence-corrected chi connectivity index (χ1v) is 12.2. The Labute approximate surface area is 225 Å². The first-order chi connectivity index (χ1) is 17.2. The SMILES string of the molecule is Cc1cc(OCc2cccc(C(=O)Nc3nn(Cc4ccc(Cl)c(Cl)c4)cc3Br)c2)ccc1[N+](=O)[O-]. The summed E-state index contributed by atoms with van der Waals surface area (Å²) in [5, 5.41) is 19.2. The smallest absolute Gasteiger partial charge is 0.272 e. The lowest BCUT2D eigenvalue weighted by Gasteiger charge is -2.09. The molecule has 3 aromatic carbocycles. The second-order valence-electron chi connectivity index (χ2n) is 7.92. The fraction of sp³-hybridized carbons (Fsp3) is 0.120. The van der Waals surface area contributed by atoms with Gasteiger partial charge in [0.15, 0.2) is 5.82 Å². The van der Waals surface area contributed by atoms with Crippen LogP contribution < -0.4 is 10.1 Å². The van der Waals surface area contributed by atoms with Gasteiger partial charge in [0.2, 0.25) is 0 Å². The van der Waals surface area contributed by atoms with E-state index in [0.717, 1.165) is 11.1 Å². The van der Waals surface area contributed by atoms with Crippen LogP contribution in [0, 0.1) is 17.0 Å². The van der Waals surface area contributed by atoms with Crippen molar-refractivity contribution in [3.63, 3.8) is 0 Å². The summed E-state index contributed by atoms with van der Waals surface area (Å²) in [4.78, 5) is 23.4. The number of amides is 1. The van der Waals surface area contributed by atoms with Crippen LogP contribution in [-0.4, -0.2) is 20.6 Å². The molecule has 0 fully saturated rings. The fourth-order valence-corrected chi connectivity index (χ4v) is 4.19. The molecule has 1 aromatic heterocycles. The summed E-state index contributed by atoms with van der Waals surface area (Å²) in [7, 11) is 0. The van der Waals surface area contributed by atoms with Crippen LogP contribution >= 0.6 is 39.1 Å². The normalized spacial score (nSPS) is 10.8. The topological polar surface area (TPSA) is 99.3 Å². The molecule has 0 saturated carbocycles. The molecule has 0 saturated heterocycles.